The number of imidazole rings is 1. The minimum Gasteiger partial charge on any atom is -0.383 e. The molecule has 0 saturated heterocycles. The second-order valence-corrected chi connectivity index (χ2v) is 4.04. The number of fused-ring (bicyclic) bond motifs is 1. The summed E-state index contributed by atoms with van der Waals surface area (Å²) in [5.41, 5.74) is 6.86. The van der Waals surface area contributed by atoms with Crippen molar-refractivity contribution in [2.75, 3.05) is 12.8 Å². The zero-order valence-corrected chi connectivity index (χ0v) is 8.79. The Kier molecular flexibility index (Phi) is 2.46. The Bertz CT molecular complexity index is 332. The van der Waals surface area contributed by atoms with Crippen molar-refractivity contribution < 1.29 is 4.74 Å². The number of ether oxygens (including phenoxy) is 1. The highest BCUT2D eigenvalue weighted by molar-refractivity contribution is 5.38. The van der Waals surface area contributed by atoms with Gasteiger partial charge in [-0.3, -0.25) is 0 Å². The molecule has 0 fully saturated rings. The van der Waals surface area contributed by atoms with E-state index in [4.69, 9.17) is 10.5 Å². The van der Waals surface area contributed by atoms with E-state index in [1.807, 2.05) is 0 Å². The van der Waals surface area contributed by atoms with Gasteiger partial charge in [0.1, 0.15) is 17.3 Å². The van der Waals surface area contributed by atoms with Gasteiger partial charge in [-0.1, -0.05) is 6.92 Å². The first-order chi connectivity index (χ1) is 6.72. The van der Waals surface area contributed by atoms with Crippen LogP contribution < -0.4 is 5.73 Å². The van der Waals surface area contributed by atoms with Crippen LogP contribution in [-0.2, 0) is 24.3 Å². The summed E-state index contributed by atoms with van der Waals surface area (Å²) in [5.74, 6) is 2.63. The Balaban J connectivity index is 2.31. The van der Waals surface area contributed by atoms with Gasteiger partial charge in [-0.15, -0.1) is 0 Å². The minimum atomic E-state index is 0.514. The molecule has 14 heavy (non-hydrogen) atoms. The molecule has 0 spiro atoms. The lowest BCUT2D eigenvalue weighted by atomic mass is 10.0. The third-order valence-electron chi connectivity index (χ3n) is 2.82. The van der Waals surface area contributed by atoms with E-state index in [0.29, 0.717) is 6.61 Å². The van der Waals surface area contributed by atoms with E-state index in [0.717, 1.165) is 36.2 Å². The predicted molar refractivity (Wildman–Crippen MR) is 54.8 cm³/mol. The van der Waals surface area contributed by atoms with Gasteiger partial charge in [-0.2, -0.15) is 0 Å². The van der Waals surface area contributed by atoms with Crippen LogP contribution in [0.5, 0.6) is 0 Å². The largest absolute Gasteiger partial charge is 0.383 e. The summed E-state index contributed by atoms with van der Waals surface area (Å²) in [4.78, 5) is 4.50. The molecule has 2 rings (SSSR count). The highest BCUT2D eigenvalue weighted by Crippen LogP contribution is 2.24. The molecule has 0 aromatic carbocycles. The lowest BCUT2D eigenvalue weighted by Gasteiger charge is -2.20. The van der Waals surface area contributed by atoms with E-state index >= 15 is 0 Å². The molecule has 2 N–H and O–H groups in total. The van der Waals surface area contributed by atoms with Crippen LogP contribution in [0.4, 0.5) is 5.82 Å². The van der Waals surface area contributed by atoms with Crippen molar-refractivity contribution in [2.24, 2.45) is 5.92 Å². The Morgan fingerprint density at radius 1 is 1.64 bits per heavy atom. The molecule has 1 aromatic heterocycles. The molecule has 1 atom stereocenters. The van der Waals surface area contributed by atoms with Gasteiger partial charge < -0.3 is 15.0 Å². The number of nitrogens with two attached hydrogens (primary N) is 1. The first kappa shape index (κ1) is 9.52. The maximum absolute atomic E-state index is 5.98. The fraction of sp³-hybridized carbons (Fsp3) is 0.700. The number of anilines is 1. The van der Waals surface area contributed by atoms with Crippen LogP contribution in [0.2, 0.25) is 0 Å². The van der Waals surface area contributed by atoms with Gasteiger partial charge in [0.2, 0.25) is 0 Å². The number of nitrogen functional groups attached to an aromatic ring is 1. The summed E-state index contributed by atoms with van der Waals surface area (Å²) in [6.07, 6.45) is 2.23. The Hall–Kier alpha value is -1.03. The van der Waals surface area contributed by atoms with E-state index in [2.05, 4.69) is 16.5 Å². The van der Waals surface area contributed by atoms with Crippen molar-refractivity contribution in [2.45, 2.75) is 32.9 Å². The highest BCUT2D eigenvalue weighted by Gasteiger charge is 2.20. The average Bonchev–Trinajstić information content (AvgIpc) is 2.44. The third kappa shape index (κ3) is 1.50. The zero-order valence-electron chi connectivity index (χ0n) is 8.79. The first-order valence-electron chi connectivity index (χ1n) is 5.05. The van der Waals surface area contributed by atoms with Crippen LogP contribution in [0.15, 0.2) is 0 Å². The molecule has 78 valence electrons. The molecule has 0 bridgehead atoms. The van der Waals surface area contributed by atoms with Gasteiger partial charge in [-0.25, -0.2) is 4.98 Å². The lowest BCUT2D eigenvalue weighted by molar-refractivity contribution is 0.182. The quantitative estimate of drug-likeness (QED) is 0.771. The second-order valence-electron chi connectivity index (χ2n) is 4.04. The summed E-state index contributed by atoms with van der Waals surface area (Å²) in [6, 6.07) is 0. The summed E-state index contributed by atoms with van der Waals surface area (Å²) in [6.45, 7) is 3.77. The molecule has 0 amide bonds. The normalized spacial score (nSPS) is 20.9. The smallest absolute Gasteiger partial charge is 0.129 e. The lowest BCUT2D eigenvalue weighted by Crippen LogP contribution is -2.18. The van der Waals surface area contributed by atoms with Crippen molar-refractivity contribution in [3.63, 3.8) is 0 Å². The average molecular weight is 195 g/mol. The monoisotopic (exact) mass is 195 g/mol. The molecule has 1 aliphatic rings. The molecule has 1 aliphatic heterocycles. The van der Waals surface area contributed by atoms with Gasteiger partial charge in [0.25, 0.3) is 0 Å². The molecular weight excluding hydrogens is 178 g/mol. The predicted octanol–water partition coefficient (Wildman–Crippen LogP) is 1.19. The number of hydrogen-bond donors (Lipinski definition) is 1. The molecule has 4 heteroatoms. The van der Waals surface area contributed by atoms with Gasteiger partial charge in [0.15, 0.2) is 0 Å². The Morgan fingerprint density at radius 2 is 2.43 bits per heavy atom. The molecule has 0 radical (unpaired) electrons. The van der Waals surface area contributed by atoms with E-state index in [1.54, 1.807) is 7.11 Å². The summed E-state index contributed by atoms with van der Waals surface area (Å²) < 4.78 is 7.18. The van der Waals surface area contributed by atoms with Crippen LogP contribution in [0.3, 0.4) is 0 Å². The zero-order chi connectivity index (χ0) is 10.1. The van der Waals surface area contributed by atoms with Crippen molar-refractivity contribution in [3.8, 4) is 0 Å². The van der Waals surface area contributed by atoms with Crippen LogP contribution in [-0.4, -0.2) is 16.7 Å². The van der Waals surface area contributed by atoms with Crippen LogP contribution in [0.1, 0.15) is 24.9 Å². The molecule has 1 aromatic rings. The number of aromatic nitrogens is 2. The topological polar surface area (TPSA) is 53.1 Å². The number of nitrogens with zero attached hydrogens (tertiary/aromatic N) is 2. The minimum absolute atomic E-state index is 0.514. The standard InChI is InChI=1S/C10H17N3O/c1-7-3-4-13-9(5-7)12-8(6-14-2)10(13)11/h7H,3-6,11H2,1-2H3. The van der Waals surface area contributed by atoms with Crippen LogP contribution >= 0.6 is 0 Å². The van der Waals surface area contributed by atoms with Crippen molar-refractivity contribution >= 4 is 5.82 Å². The maximum Gasteiger partial charge on any atom is 0.129 e. The summed E-state index contributed by atoms with van der Waals surface area (Å²) >= 11 is 0. The number of hydrogen-bond acceptors (Lipinski definition) is 3. The fourth-order valence-electron chi connectivity index (χ4n) is 1.98. The highest BCUT2D eigenvalue weighted by atomic mass is 16.5. The second kappa shape index (κ2) is 3.61. The number of methoxy groups -OCH3 is 1. The molecule has 0 saturated carbocycles. The van der Waals surface area contributed by atoms with E-state index < -0.39 is 0 Å². The number of rotatable bonds is 2. The van der Waals surface area contributed by atoms with E-state index in [-0.39, 0.29) is 0 Å². The summed E-state index contributed by atoms with van der Waals surface area (Å²) in [5, 5.41) is 0. The molecular formula is C10H17N3O. The van der Waals surface area contributed by atoms with E-state index in [9.17, 15) is 0 Å². The van der Waals surface area contributed by atoms with Crippen LogP contribution in [0, 0.1) is 5.92 Å². The molecule has 0 aliphatic carbocycles. The van der Waals surface area contributed by atoms with Gasteiger partial charge in [0.05, 0.1) is 6.61 Å². The van der Waals surface area contributed by atoms with Crippen LogP contribution in [0.25, 0.3) is 0 Å². The Morgan fingerprint density at radius 3 is 3.14 bits per heavy atom. The third-order valence-corrected chi connectivity index (χ3v) is 2.82. The summed E-state index contributed by atoms with van der Waals surface area (Å²) in [7, 11) is 1.67. The van der Waals surface area contributed by atoms with Gasteiger partial charge in [0, 0.05) is 20.1 Å². The van der Waals surface area contributed by atoms with E-state index in [1.165, 1.54) is 6.42 Å². The molecule has 1 unspecified atom stereocenters. The maximum atomic E-state index is 5.98. The first-order valence-corrected chi connectivity index (χ1v) is 5.05. The Labute approximate surface area is 84.1 Å². The van der Waals surface area contributed by atoms with Gasteiger partial charge >= 0.3 is 0 Å². The SMILES string of the molecule is COCc1nc2n(c1N)CCC(C)C2. The van der Waals surface area contributed by atoms with Crippen molar-refractivity contribution in [1.29, 1.82) is 0 Å². The van der Waals surface area contributed by atoms with Crippen molar-refractivity contribution in [3.05, 3.63) is 11.5 Å². The molecule has 4 nitrogen and oxygen atoms in total. The molecule has 2 heterocycles. The van der Waals surface area contributed by atoms with Gasteiger partial charge in [-0.05, 0) is 12.3 Å². The fourth-order valence-corrected chi connectivity index (χ4v) is 1.98. The van der Waals surface area contributed by atoms with Crippen molar-refractivity contribution in [1.82, 2.24) is 9.55 Å².